The maximum absolute atomic E-state index is 4.89. The van der Waals surface area contributed by atoms with Gasteiger partial charge in [-0.25, -0.2) is 0 Å². The molecule has 4 rings (SSSR count). The van der Waals surface area contributed by atoms with Crippen molar-refractivity contribution in [3.63, 3.8) is 0 Å². The molecule has 0 fully saturated rings. The van der Waals surface area contributed by atoms with Crippen molar-refractivity contribution in [1.29, 1.82) is 0 Å². The molecule has 0 nitrogen and oxygen atoms in total. The molecule has 0 aliphatic carbocycles. The molecule has 0 aliphatic heterocycles. The maximum atomic E-state index is 4.89. The van der Waals surface area contributed by atoms with Crippen molar-refractivity contribution in [1.82, 2.24) is 0 Å². The summed E-state index contributed by atoms with van der Waals surface area (Å²) in [7, 11) is 10.5. The fraction of sp³-hybridized carbons (Fsp3) is 0.154. The molecule has 0 bridgehead atoms. The molecule has 0 aliphatic rings. The summed E-state index contributed by atoms with van der Waals surface area (Å²) < 4.78 is 0. The van der Waals surface area contributed by atoms with Crippen LogP contribution in [0.5, 0.6) is 0 Å². The van der Waals surface area contributed by atoms with Gasteiger partial charge in [-0.3, -0.25) is 0 Å². The van der Waals surface area contributed by atoms with Crippen LogP contribution in [0, 0.1) is 13.8 Å². The molecule has 0 N–H and O–H groups in total. The third kappa shape index (κ3) is 10.6. The zero-order valence-corrected chi connectivity index (χ0v) is 22.3. The van der Waals surface area contributed by atoms with Crippen LogP contribution in [0.15, 0.2) is 97.1 Å². The molecule has 0 saturated carbocycles. The number of hydrogen-bond acceptors (Lipinski definition) is 0. The molecular weight excluding hydrogens is 459 g/mol. The van der Waals surface area contributed by atoms with E-state index in [2.05, 4.69) is 112 Å². The molecule has 0 aromatic heterocycles. The Hall–Kier alpha value is -1.35. The fourth-order valence-electron chi connectivity index (χ4n) is 2.75. The molecule has 157 valence electrons. The van der Waals surface area contributed by atoms with E-state index in [1.54, 1.807) is 0 Å². The summed E-state index contributed by atoms with van der Waals surface area (Å²) in [5, 5.41) is 0. The van der Waals surface area contributed by atoms with E-state index in [1.165, 1.54) is 33.4 Å². The Morgan fingerprint density at radius 3 is 1.20 bits per heavy atom. The fourth-order valence-corrected chi connectivity index (χ4v) is 2.75. The second-order valence-corrected chi connectivity index (χ2v) is 10.5. The van der Waals surface area contributed by atoms with E-state index < -0.39 is 17.0 Å². The zero-order chi connectivity index (χ0) is 22.2. The van der Waals surface area contributed by atoms with Crippen LogP contribution in [0.1, 0.15) is 11.1 Å². The molecular formula is C26H29Cl2SiTi-2. The number of halogens is 2. The van der Waals surface area contributed by atoms with Crippen LogP contribution in [0.2, 0.25) is 13.1 Å². The number of rotatable bonds is 2. The molecule has 4 aromatic rings. The van der Waals surface area contributed by atoms with E-state index in [0.29, 0.717) is 0 Å². The van der Waals surface area contributed by atoms with Crippen molar-refractivity contribution < 1.29 is 17.0 Å². The van der Waals surface area contributed by atoms with Crippen molar-refractivity contribution in [2.75, 3.05) is 0 Å². The van der Waals surface area contributed by atoms with Gasteiger partial charge in [-0.15, -0.1) is 34.4 Å². The second kappa shape index (κ2) is 16.4. The molecule has 30 heavy (non-hydrogen) atoms. The van der Waals surface area contributed by atoms with Gasteiger partial charge < -0.3 is 0 Å². The third-order valence-electron chi connectivity index (χ3n) is 4.03. The summed E-state index contributed by atoms with van der Waals surface area (Å²) in [6.45, 7) is 8.65. The number of aryl methyl sites for hydroxylation is 2. The Morgan fingerprint density at radius 2 is 0.967 bits per heavy atom. The number of hydrogen-bond donors (Lipinski definition) is 0. The monoisotopic (exact) mass is 487 g/mol. The summed E-state index contributed by atoms with van der Waals surface area (Å²) in [5.74, 6) is 0. The van der Waals surface area contributed by atoms with Gasteiger partial charge in [0.05, 0.1) is 0 Å². The predicted molar refractivity (Wildman–Crippen MR) is 135 cm³/mol. The van der Waals surface area contributed by atoms with Gasteiger partial charge in [0.25, 0.3) is 0 Å². The minimum atomic E-state index is -0.556. The molecule has 4 heteroatoms. The minimum absolute atomic E-state index is 0.556. The van der Waals surface area contributed by atoms with Crippen molar-refractivity contribution in [2.24, 2.45) is 0 Å². The third-order valence-corrected chi connectivity index (χ3v) is 4.03. The van der Waals surface area contributed by atoms with Gasteiger partial charge in [0.2, 0.25) is 0 Å². The topological polar surface area (TPSA) is 0 Å². The van der Waals surface area contributed by atoms with Crippen LogP contribution in [-0.2, 0) is 17.0 Å². The standard InChI is InChI=1S/2C12H11.C2H7Si.2ClH.Ti/c2*1-10-7-8-12(9-10)11-5-3-2-4-6-11;1-3-2;;;/h2*2-9H,1H3;3H,1-2H3;2*1H;/q2*-1;;;;+2/p-2. The van der Waals surface area contributed by atoms with Crippen LogP contribution in [0.25, 0.3) is 22.3 Å². The molecule has 0 saturated heterocycles. The number of benzene rings is 2. The van der Waals surface area contributed by atoms with E-state index in [0.717, 1.165) is 9.52 Å². The molecule has 0 atom stereocenters. The van der Waals surface area contributed by atoms with Gasteiger partial charge in [-0.2, -0.15) is 35.4 Å². The first-order valence-electron chi connectivity index (χ1n) is 9.83. The SMILES string of the molecule is C[SiH]C.Cc1c[cH-]c(-c2ccccc2)c1.Cc1c[cH-]c(-c2ccccc2)c1.[Cl][Ti][Cl]. The average molecular weight is 488 g/mol. The van der Waals surface area contributed by atoms with Crippen molar-refractivity contribution in [2.45, 2.75) is 26.9 Å². The summed E-state index contributed by atoms with van der Waals surface area (Å²) in [5.41, 5.74) is 7.88. The van der Waals surface area contributed by atoms with Crippen molar-refractivity contribution in [3.8, 4) is 22.3 Å². The Kier molecular flexibility index (Phi) is 14.6. The summed E-state index contributed by atoms with van der Waals surface area (Å²) in [6, 6.07) is 33.9. The van der Waals surface area contributed by atoms with E-state index in [9.17, 15) is 0 Å². The van der Waals surface area contributed by atoms with Crippen LogP contribution >= 0.6 is 18.6 Å². The molecule has 0 heterocycles. The zero-order valence-electron chi connectivity index (χ0n) is 18.1. The van der Waals surface area contributed by atoms with Gasteiger partial charge in [0.15, 0.2) is 0 Å². The first-order valence-corrected chi connectivity index (χ1v) is 16.4. The molecule has 0 unspecified atom stereocenters. The van der Waals surface area contributed by atoms with Gasteiger partial charge >= 0.3 is 35.6 Å². The predicted octanol–water partition coefficient (Wildman–Crippen LogP) is 8.66. The van der Waals surface area contributed by atoms with Crippen LogP contribution in [0.3, 0.4) is 0 Å². The molecule has 0 amide bonds. The molecule has 4 aromatic carbocycles. The van der Waals surface area contributed by atoms with Crippen molar-refractivity contribution in [3.05, 3.63) is 108 Å². The Morgan fingerprint density at radius 1 is 0.667 bits per heavy atom. The second-order valence-electron chi connectivity index (χ2n) is 6.73. The quantitative estimate of drug-likeness (QED) is 0.196. The van der Waals surface area contributed by atoms with Crippen LogP contribution < -0.4 is 0 Å². The van der Waals surface area contributed by atoms with Crippen LogP contribution in [-0.4, -0.2) is 9.52 Å². The van der Waals surface area contributed by atoms with Crippen LogP contribution in [0.4, 0.5) is 0 Å². The van der Waals surface area contributed by atoms with Gasteiger partial charge in [-0.05, 0) is 0 Å². The normalized spacial score (nSPS) is 9.13. The summed E-state index contributed by atoms with van der Waals surface area (Å²) >= 11 is -0.556. The first-order chi connectivity index (χ1) is 14.5. The first kappa shape index (κ1) is 26.7. The summed E-state index contributed by atoms with van der Waals surface area (Å²) in [4.78, 5) is 0. The summed E-state index contributed by atoms with van der Waals surface area (Å²) in [6.07, 6.45) is 0. The molecule has 0 spiro atoms. The van der Waals surface area contributed by atoms with E-state index >= 15 is 0 Å². The Labute approximate surface area is 201 Å². The Bertz CT molecular complexity index is 837. The van der Waals surface area contributed by atoms with E-state index in [1.807, 2.05) is 12.1 Å². The van der Waals surface area contributed by atoms with Gasteiger partial charge in [0.1, 0.15) is 0 Å². The van der Waals surface area contributed by atoms with E-state index in [4.69, 9.17) is 18.6 Å². The average Bonchev–Trinajstić information content (AvgIpc) is 3.39. The van der Waals surface area contributed by atoms with Gasteiger partial charge in [-0.1, -0.05) is 87.6 Å². The van der Waals surface area contributed by atoms with Crippen molar-refractivity contribution >= 4 is 28.1 Å². The Balaban J connectivity index is 0.000000239. The van der Waals surface area contributed by atoms with E-state index in [-0.39, 0.29) is 0 Å². The van der Waals surface area contributed by atoms with Gasteiger partial charge in [0, 0.05) is 9.52 Å². The molecule has 1 radical (unpaired) electrons.